The van der Waals surface area contributed by atoms with E-state index in [9.17, 15) is 4.79 Å². The van der Waals surface area contributed by atoms with Crippen LogP contribution >= 0.6 is 11.8 Å². The molecule has 0 radical (unpaired) electrons. The molecule has 0 fully saturated rings. The Labute approximate surface area is 126 Å². The minimum absolute atomic E-state index is 0.288. The van der Waals surface area contributed by atoms with Gasteiger partial charge in [0.15, 0.2) is 0 Å². The fraction of sp³-hybridized carbons (Fsp3) is 0.118. The summed E-state index contributed by atoms with van der Waals surface area (Å²) < 4.78 is 5.46. The summed E-state index contributed by atoms with van der Waals surface area (Å²) in [5.41, 5.74) is 2.03. The molecule has 0 bridgehead atoms. The molecule has 21 heavy (non-hydrogen) atoms. The summed E-state index contributed by atoms with van der Waals surface area (Å²) in [5, 5.41) is 4.37. The summed E-state index contributed by atoms with van der Waals surface area (Å²) in [6.07, 6.45) is 0. The maximum atomic E-state index is 12.4. The van der Waals surface area contributed by atoms with E-state index in [0.717, 1.165) is 16.0 Å². The Balaban J connectivity index is 1.88. The second-order valence-corrected chi connectivity index (χ2v) is 6.70. The number of para-hydroxylation sites is 2. The number of anilines is 1. The fourth-order valence-corrected chi connectivity index (χ4v) is 3.91. The molecule has 4 rings (SSSR count). The number of fused-ring (bicyclic) bond motifs is 2. The van der Waals surface area contributed by atoms with Crippen LogP contribution in [-0.4, -0.2) is 0 Å². The van der Waals surface area contributed by atoms with E-state index >= 15 is 0 Å². The van der Waals surface area contributed by atoms with E-state index in [2.05, 4.69) is 11.4 Å². The van der Waals surface area contributed by atoms with E-state index in [-0.39, 0.29) is 5.63 Å². The van der Waals surface area contributed by atoms with Gasteiger partial charge >= 0.3 is 5.63 Å². The van der Waals surface area contributed by atoms with Gasteiger partial charge in [-0.25, -0.2) is 4.79 Å². The van der Waals surface area contributed by atoms with Crippen molar-refractivity contribution < 1.29 is 4.42 Å². The van der Waals surface area contributed by atoms with Crippen LogP contribution in [0.15, 0.2) is 68.7 Å². The smallest absolute Gasteiger partial charge is 0.342 e. The van der Waals surface area contributed by atoms with E-state index in [1.165, 1.54) is 0 Å². The standard InChI is InChI=1S/C17H13NO2S/c1-17(18-13-7-3-5-9-15(13)21-17)12-10-11-6-2-4-8-14(11)20-16(12)19/h2-10,18H,1H3. The van der Waals surface area contributed by atoms with Gasteiger partial charge in [-0.15, -0.1) is 0 Å². The molecular weight excluding hydrogens is 282 g/mol. The Morgan fingerprint density at radius 1 is 1.10 bits per heavy atom. The molecule has 0 spiro atoms. The topological polar surface area (TPSA) is 42.2 Å². The minimum atomic E-state index is -0.506. The average molecular weight is 295 g/mol. The second kappa shape index (κ2) is 4.40. The maximum Gasteiger partial charge on any atom is 0.342 e. The second-order valence-electron chi connectivity index (χ2n) is 5.24. The molecule has 0 saturated carbocycles. The van der Waals surface area contributed by atoms with Crippen molar-refractivity contribution in [3.63, 3.8) is 0 Å². The van der Waals surface area contributed by atoms with Gasteiger partial charge in [-0.05, 0) is 31.2 Å². The van der Waals surface area contributed by atoms with Crippen molar-refractivity contribution >= 4 is 28.4 Å². The number of rotatable bonds is 1. The van der Waals surface area contributed by atoms with Crippen molar-refractivity contribution in [1.82, 2.24) is 0 Å². The van der Waals surface area contributed by atoms with E-state index in [1.807, 2.05) is 55.5 Å². The van der Waals surface area contributed by atoms with Crippen molar-refractivity contribution in [3.8, 4) is 0 Å². The van der Waals surface area contributed by atoms with Gasteiger partial charge in [-0.2, -0.15) is 0 Å². The van der Waals surface area contributed by atoms with Crippen LogP contribution in [0, 0.1) is 0 Å². The Morgan fingerprint density at radius 2 is 1.86 bits per heavy atom. The quantitative estimate of drug-likeness (QED) is 0.684. The summed E-state index contributed by atoms with van der Waals surface area (Å²) in [7, 11) is 0. The van der Waals surface area contributed by atoms with E-state index in [0.29, 0.717) is 11.1 Å². The highest BCUT2D eigenvalue weighted by Gasteiger charge is 2.37. The van der Waals surface area contributed by atoms with Crippen molar-refractivity contribution in [2.24, 2.45) is 0 Å². The minimum Gasteiger partial charge on any atom is -0.422 e. The van der Waals surface area contributed by atoms with Gasteiger partial charge in [0.05, 0.1) is 5.56 Å². The molecular formula is C17H13NO2S. The van der Waals surface area contributed by atoms with E-state index < -0.39 is 4.87 Å². The van der Waals surface area contributed by atoms with Crippen LogP contribution in [0.25, 0.3) is 11.0 Å². The Kier molecular flexibility index (Phi) is 2.62. The SMILES string of the molecule is CC1(c2cc3ccccc3oc2=O)Nc2ccccc2S1. The summed E-state index contributed by atoms with van der Waals surface area (Å²) >= 11 is 1.64. The van der Waals surface area contributed by atoms with Crippen molar-refractivity contribution in [3.05, 3.63) is 70.6 Å². The van der Waals surface area contributed by atoms with Gasteiger partial charge in [0.2, 0.25) is 0 Å². The molecule has 1 aromatic heterocycles. The lowest BCUT2D eigenvalue weighted by molar-refractivity contribution is 0.541. The molecule has 0 amide bonds. The normalized spacial score (nSPS) is 20.2. The zero-order valence-electron chi connectivity index (χ0n) is 11.4. The molecule has 1 N–H and O–H groups in total. The predicted molar refractivity (Wildman–Crippen MR) is 85.8 cm³/mol. The molecule has 0 aliphatic carbocycles. The third-order valence-electron chi connectivity index (χ3n) is 3.73. The fourth-order valence-electron chi connectivity index (χ4n) is 2.68. The van der Waals surface area contributed by atoms with Crippen LogP contribution < -0.4 is 10.9 Å². The summed E-state index contributed by atoms with van der Waals surface area (Å²) in [6, 6.07) is 17.6. The maximum absolute atomic E-state index is 12.4. The van der Waals surface area contributed by atoms with Gasteiger partial charge in [0.1, 0.15) is 10.5 Å². The highest BCUT2D eigenvalue weighted by atomic mass is 32.2. The molecule has 0 saturated heterocycles. The molecule has 1 aliphatic rings. The van der Waals surface area contributed by atoms with Gasteiger partial charge in [0.25, 0.3) is 0 Å². The summed E-state index contributed by atoms with van der Waals surface area (Å²) in [5.74, 6) is 0. The molecule has 1 unspecified atom stereocenters. The molecule has 3 aromatic rings. The Morgan fingerprint density at radius 3 is 2.71 bits per heavy atom. The first-order valence-corrected chi connectivity index (χ1v) is 7.57. The van der Waals surface area contributed by atoms with E-state index in [1.54, 1.807) is 11.8 Å². The Hall–Kier alpha value is -2.20. The molecule has 1 atom stereocenters. The lowest BCUT2D eigenvalue weighted by Crippen LogP contribution is -2.30. The molecule has 4 heteroatoms. The Bertz CT molecular complexity index is 875. The van der Waals surface area contributed by atoms with Gasteiger partial charge in [-0.1, -0.05) is 42.1 Å². The zero-order chi connectivity index (χ0) is 14.4. The zero-order valence-corrected chi connectivity index (χ0v) is 12.2. The number of hydrogen-bond donors (Lipinski definition) is 1. The van der Waals surface area contributed by atoms with Gasteiger partial charge in [-0.3, -0.25) is 0 Å². The first-order valence-electron chi connectivity index (χ1n) is 6.75. The molecule has 104 valence electrons. The monoisotopic (exact) mass is 295 g/mol. The largest absolute Gasteiger partial charge is 0.422 e. The predicted octanol–water partition coefficient (Wildman–Crippen LogP) is 4.18. The molecule has 1 aliphatic heterocycles. The van der Waals surface area contributed by atoms with Crippen LogP contribution in [0.5, 0.6) is 0 Å². The van der Waals surface area contributed by atoms with E-state index in [4.69, 9.17) is 4.42 Å². The first-order chi connectivity index (χ1) is 10.2. The van der Waals surface area contributed by atoms with Gasteiger partial charge in [0, 0.05) is 16.0 Å². The van der Waals surface area contributed by atoms with Crippen LogP contribution in [0.1, 0.15) is 12.5 Å². The number of benzene rings is 2. The number of thioether (sulfide) groups is 1. The van der Waals surface area contributed by atoms with Crippen LogP contribution in [0.2, 0.25) is 0 Å². The van der Waals surface area contributed by atoms with Gasteiger partial charge < -0.3 is 9.73 Å². The highest BCUT2D eigenvalue weighted by molar-refractivity contribution is 8.00. The molecule has 2 heterocycles. The molecule has 3 nitrogen and oxygen atoms in total. The number of nitrogens with one attached hydrogen (secondary N) is 1. The van der Waals surface area contributed by atoms with Crippen LogP contribution in [0.3, 0.4) is 0 Å². The lowest BCUT2D eigenvalue weighted by atomic mass is 10.1. The van der Waals surface area contributed by atoms with Crippen molar-refractivity contribution in [2.45, 2.75) is 16.7 Å². The third-order valence-corrected chi connectivity index (χ3v) is 5.04. The number of hydrogen-bond acceptors (Lipinski definition) is 4. The van der Waals surface area contributed by atoms with Crippen LogP contribution in [-0.2, 0) is 4.87 Å². The first kappa shape index (κ1) is 12.5. The summed E-state index contributed by atoms with van der Waals surface area (Å²) in [4.78, 5) is 13.0. The highest BCUT2D eigenvalue weighted by Crippen LogP contribution is 2.50. The summed E-state index contributed by atoms with van der Waals surface area (Å²) in [6.45, 7) is 2.01. The third kappa shape index (κ3) is 1.94. The average Bonchev–Trinajstić information content (AvgIpc) is 2.83. The van der Waals surface area contributed by atoms with Crippen molar-refractivity contribution in [1.29, 1.82) is 0 Å². The molecule has 2 aromatic carbocycles. The lowest BCUT2D eigenvalue weighted by Gasteiger charge is -2.23. The van der Waals surface area contributed by atoms with Crippen molar-refractivity contribution in [2.75, 3.05) is 5.32 Å². The van der Waals surface area contributed by atoms with Crippen LogP contribution in [0.4, 0.5) is 5.69 Å².